The monoisotopic (exact) mass is 436 g/mol. The minimum absolute atomic E-state index is 0.151. The van der Waals surface area contributed by atoms with Gasteiger partial charge in [-0.05, 0) is 64.2 Å². The Labute approximate surface area is 186 Å². The van der Waals surface area contributed by atoms with Crippen molar-refractivity contribution in [1.29, 1.82) is 0 Å². The van der Waals surface area contributed by atoms with Crippen molar-refractivity contribution in [2.24, 2.45) is 4.99 Å². The first-order valence-electron chi connectivity index (χ1n) is 11.2. The summed E-state index contributed by atoms with van der Waals surface area (Å²) in [6.45, 7) is 10.3. The zero-order chi connectivity index (χ0) is 21.6. The summed E-state index contributed by atoms with van der Waals surface area (Å²) in [6, 6.07) is 8.64. The van der Waals surface area contributed by atoms with Crippen molar-refractivity contribution < 1.29 is 9.84 Å². The highest BCUT2D eigenvalue weighted by Crippen LogP contribution is 2.28. The van der Waals surface area contributed by atoms with Gasteiger partial charge in [0.1, 0.15) is 0 Å². The minimum Gasteiger partial charge on any atom is -0.393 e. The van der Waals surface area contributed by atoms with E-state index in [0.717, 1.165) is 62.9 Å². The molecule has 1 saturated carbocycles. The van der Waals surface area contributed by atoms with Gasteiger partial charge in [0.2, 0.25) is 0 Å². The summed E-state index contributed by atoms with van der Waals surface area (Å²) < 4.78 is 5.93. The number of nitrogens with one attached hydrogen (secondary N) is 2. The van der Waals surface area contributed by atoms with Gasteiger partial charge in [0, 0.05) is 30.7 Å². The summed E-state index contributed by atoms with van der Waals surface area (Å²) in [5.74, 6) is 0.852. The molecule has 1 saturated heterocycles. The molecule has 6 nitrogen and oxygen atoms in total. The van der Waals surface area contributed by atoms with E-state index in [1.54, 1.807) is 0 Å². The Morgan fingerprint density at radius 1 is 1.27 bits per heavy atom. The van der Waals surface area contributed by atoms with Gasteiger partial charge < -0.3 is 20.5 Å². The predicted molar refractivity (Wildman–Crippen MR) is 123 cm³/mol. The lowest BCUT2D eigenvalue weighted by molar-refractivity contribution is -0.0967. The highest BCUT2D eigenvalue weighted by Gasteiger charge is 2.32. The van der Waals surface area contributed by atoms with E-state index in [-0.39, 0.29) is 17.7 Å². The molecule has 1 heterocycles. The Kier molecular flexibility index (Phi) is 8.40. The molecule has 2 aliphatic rings. The van der Waals surface area contributed by atoms with Crippen molar-refractivity contribution in [2.75, 3.05) is 32.8 Å². The average molecular weight is 437 g/mol. The molecule has 1 unspecified atom stereocenters. The normalized spacial score (nSPS) is 26.2. The minimum atomic E-state index is -0.168. The highest BCUT2D eigenvalue weighted by molar-refractivity contribution is 6.30. The lowest BCUT2D eigenvalue weighted by Crippen LogP contribution is -2.50. The van der Waals surface area contributed by atoms with Crippen molar-refractivity contribution in [2.45, 2.75) is 70.2 Å². The molecule has 1 aliphatic heterocycles. The van der Waals surface area contributed by atoms with Crippen LogP contribution < -0.4 is 10.6 Å². The van der Waals surface area contributed by atoms with Gasteiger partial charge in [0.15, 0.2) is 5.96 Å². The maximum Gasteiger partial charge on any atom is 0.191 e. The Balaban J connectivity index is 1.75. The van der Waals surface area contributed by atoms with Crippen LogP contribution in [0.2, 0.25) is 5.02 Å². The molecule has 0 bridgehead atoms. The Morgan fingerprint density at radius 3 is 2.60 bits per heavy atom. The average Bonchev–Trinajstić information content (AvgIpc) is 2.70. The number of aliphatic hydroxyl groups is 1. The van der Waals surface area contributed by atoms with E-state index in [2.05, 4.69) is 48.4 Å². The second-order valence-corrected chi connectivity index (χ2v) is 9.45. The van der Waals surface area contributed by atoms with Crippen LogP contribution in [0.5, 0.6) is 0 Å². The molecule has 0 aromatic heterocycles. The number of hydrogen-bond donors (Lipinski definition) is 3. The summed E-state index contributed by atoms with van der Waals surface area (Å²) in [5, 5.41) is 17.5. The molecular weight excluding hydrogens is 400 g/mol. The molecule has 1 atom stereocenters. The maximum absolute atomic E-state index is 9.77. The van der Waals surface area contributed by atoms with Crippen LogP contribution in [0.15, 0.2) is 29.3 Å². The van der Waals surface area contributed by atoms with Gasteiger partial charge in [-0.15, -0.1) is 0 Å². The number of ether oxygens (including phenoxy) is 1. The van der Waals surface area contributed by atoms with E-state index in [0.29, 0.717) is 12.6 Å². The fourth-order valence-electron chi connectivity index (χ4n) is 4.35. The van der Waals surface area contributed by atoms with Crippen LogP contribution in [-0.2, 0) is 4.74 Å². The summed E-state index contributed by atoms with van der Waals surface area (Å²) in [7, 11) is 0. The molecule has 7 heteroatoms. The van der Waals surface area contributed by atoms with Gasteiger partial charge in [-0.25, -0.2) is 0 Å². The van der Waals surface area contributed by atoms with Crippen molar-refractivity contribution in [1.82, 2.24) is 15.5 Å². The maximum atomic E-state index is 9.77. The first kappa shape index (κ1) is 23.3. The van der Waals surface area contributed by atoms with Crippen LogP contribution in [0.1, 0.15) is 58.1 Å². The smallest absolute Gasteiger partial charge is 0.191 e. The second kappa shape index (κ2) is 10.8. The van der Waals surface area contributed by atoms with Gasteiger partial charge in [-0.2, -0.15) is 0 Å². The first-order chi connectivity index (χ1) is 14.4. The third-order valence-corrected chi connectivity index (χ3v) is 6.21. The number of halogens is 1. The molecule has 30 heavy (non-hydrogen) atoms. The number of nitrogens with zero attached hydrogens (tertiary/aromatic N) is 2. The van der Waals surface area contributed by atoms with Gasteiger partial charge in [0.25, 0.3) is 0 Å². The number of guanidine groups is 1. The van der Waals surface area contributed by atoms with Crippen molar-refractivity contribution in [3.8, 4) is 0 Å². The quantitative estimate of drug-likeness (QED) is 0.471. The largest absolute Gasteiger partial charge is 0.393 e. The van der Waals surface area contributed by atoms with Crippen molar-refractivity contribution in [3.63, 3.8) is 0 Å². The van der Waals surface area contributed by atoms with E-state index in [1.165, 1.54) is 5.56 Å². The Hall–Kier alpha value is -1.34. The van der Waals surface area contributed by atoms with E-state index in [9.17, 15) is 5.11 Å². The van der Waals surface area contributed by atoms with Crippen LogP contribution in [-0.4, -0.2) is 66.5 Å². The highest BCUT2D eigenvalue weighted by atomic mass is 35.5. The van der Waals surface area contributed by atoms with Gasteiger partial charge in [-0.3, -0.25) is 9.89 Å². The first-order valence-corrected chi connectivity index (χ1v) is 11.6. The number of hydrogen-bond acceptors (Lipinski definition) is 4. The topological polar surface area (TPSA) is 69.1 Å². The van der Waals surface area contributed by atoms with Crippen LogP contribution in [0.25, 0.3) is 0 Å². The zero-order valence-corrected chi connectivity index (χ0v) is 19.3. The van der Waals surface area contributed by atoms with E-state index in [4.69, 9.17) is 21.3 Å². The third-order valence-electron chi connectivity index (χ3n) is 5.95. The van der Waals surface area contributed by atoms with Crippen molar-refractivity contribution >= 4 is 17.6 Å². The van der Waals surface area contributed by atoms with Gasteiger partial charge in [-0.1, -0.05) is 23.7 Å². The number of rotatable bonds is 6. The van der Waals surface area contributed by atoms with Crippen LogP contribution in [0.3, 0.4) is 0 Å². The summed E-state index contributed by atoms with van der Waals surface area (Å²) in [4.78, 5) is 7.43. The number of benzene rings is 1. The molecule has 3 N–H and O–H groups in total. The fourth-order valence-corrected chi connectivity index (χ4v) is 4.47. The molecule has 3 rings (SSSR count). The molecule has 1 aromatic rings. The lowest BCUT2D eigenvalue weighted by Gasteiger charge is -2.42. The number of aliphatic hydroxyl groups excluding tert-OH is 1. The zero-order valence-electron chi connectivity index (χ0n) is 18.5. The number of aliphatic imine (C=N–C) groups is 1. The van der Waals surface area contributed by atoms with Crippen molar-refractivity contribution in [3.05, 3.63) is 34.9 Å². The molecule has 0 spiro atoms. The van der Waals surface area contributed by atoms with Crippen LogP contribution in [0, 0.1) is 0 Å². The molecule has 2 fully saturated rings. The Bertz CT molecular complexity index is 687. The predicted octanol–water partition coefficient (Wildman–Crippen LogP) is 3.35. The molecule has 0 amide bonds. The van der Waals surface area contributed by atoms with E-state index >= 15 is 0 Å². The fraction of sp³-hybridized carbons (Fsp3) is 0.696. The molecule has 168 valence electrons. The lowest BCUT2D eigenvalue weighted by atomic mass is 9.93. The second-order valence-electron chi connectivity index (χ2n) is 9.02. The van der Waals surface area contributed by atoms with Crippen LogP contribution >= 0.6 is 11.6 Å². The van der Waals surface area contributed by atoms with Gasteiger partial charge >= 0.3 is 0 Å². The Morgan fingerprint density at radius 2 is 1.97 bits per heavy atom. The summed E-state index contributed by atoms with van der Waals surface area (Å²) in [6.07, 6.45) is 3.51. The molecule has 1 aliphatic carbocycles. The van der Waals surface area contributed by atoms with E-state index in [1.807, 2.05) is 12.1 Å². The number of morpholine rings is 1. The van der Waals surface area contributed by atoms with Gasteiger partial charge in [0.05, 0.1) is 30.9 Å². The van der Waals surface area contributed by atoms with Crippen LogP contribution in [0.4, 0.5) is 0 Å². The summed E-state index contributed by atoms with van der Waals surface area (Å²) >= 11 is 6.14. The van der Waals surface area contributed by atoms with E-state index < -0.39 is 0 Å². The SMILES string of the molecule is CCNC(=NCC(c1ccc(Cl)cc1)N1CCOC(C)(C)C1)NC1CCC(O)CC1. The molecule has 0 radical (unpaired) electrons. The standard InChI is InChI=1S/C23H37ClN4O2/c1-4-25-22(27-19-9-11-20(29)12-10-19)26-15-21(17-5-7-18(24)8-6-17)28-13-14-30-23(2,3)16-28/h5-8,19-21,29H,4,9-16H2,1-3H3,(H2,25,26,27). The summed E-state index contributed by atoms with van der Waals surface area (Å²) in [5.41, 5.74) is 1.05. The third kappa shape index (κ3) is 6.84. The molecular formula is C23H37ClN4O2. The molecule has 1 aromatic carbocycles.